The molecule has 0 aliphatic carbocycles. The molecule has 0 aliphatic heterocycles. The number of nitrogens with zero attached hydrogens (tertiary/aromatic N) is 1. The SMILES string of the molecule is CCCN(CCO)C(=O)CCC(C)(C)CCN. The van der Waals surface area contributed by atoms with Gasteiger partial charge in [-0.05, 0) is 31.2 Å². The maximum Gasteiger partial charge on any atom is 0.222 e. The first-order valence-electron chi connectivity index (χ1n) is 6.55. The van der Waals surface area contributed by atoms with E-state index in [9.17, 15) is 4.79 Å². The first-order chi connectivity index (χ1) is 7.96. The van der Waals surface area contributed by atoms with Crippen molar-refractivity contribution in [1.29, 1.82) is 0 Å². The average molecular weight is 244 g/mol. The van der Waals surface area contributed by atoms with Crippen molar-refractivity contribution in [2.45, 2.75) is 46.5 Å². The van der Waals surface area contributed by atoms with Gasteiger partial charge in [0.25, 0.3) is 0 Å². The molecule has 4 nitrogen and oxygen atoms in total. The summed E-state index contributed by atoms with van der Waals surface area (Å²) in [6, 6.07) is 0. The second-order valence-corrected chi connectivity index (χ2v) is 5.31. The highest BCUT2D eigenvalue weighted by molar-refractivity contribution is 5.76. The maximum atomic E-state index is 12.0. The molecule has 0 aromatic rings. The van der Waals surface area contributed by atoms with E-state index in [1.165, 1.54) is 0 Å². The molecule has 0 atom stereocenters. The zero-order chi connectivity index (χ0) is 13.3. The third kappa shape index (κ3) is 7.34. The Morgan fingerprint density at radius 1 is 1.29 bits per heavy atom. The van der Waals surface area contributed by atoms with Crippen LogP contribution in [-0.4, -0.2) is 42.2 Å². The van der Waals surface area contributed by atoms with Crippen molar-refractivity contribution in [3.8, 4) is 0 Å². The summed E-state index contributed by atoms with van der Waals surface area (Å²) in [6.07, 6.45) is 3.27. The molecule has 17 heavy (non-hydrogen) atoms. The lowest BCUT2D eigenvalue weighted by atomic mass is 9.84. The van der Waals surface area contributed by atoms with Crippen molar-refractivity contribution < 1.29 is 9.90 Å². The van der Waals surface area contributed by atoms with Crippen LogP contribution in [0, 0.1) is 5.41 Å². The van der Waals surface area contributed by atoms with Gasteiger partial charge in [0.1, 0.15) is 0 Å². The average Bonchev–Trinajstić information content (AvgIpc) is 2.26. The molecule has 0 aromatic heterocycles. The van der Waals surface area contributed by atoms with Gasteiger partial charge in [-0.3, -0.25) is 4.79 Å². The fraction of sp³-hybridized carbons (Fsp3) is 0.923. The number of hydrogen-bond acceptors (Lipinski definition) is 3. The fourth-order valence-electron chi connectivity index (χ4n) is 1.87. The number of nitrogens with two attached hydrogens (primary N) is 1. The second kappa shape index (κ2) is 8.48. The summed E-state index contributed by atoms with van der Waals surface area (Å²) in [7, 11) is 0. The van der Waals surface area contributed by atoms with Crippen LogP contribution in [0.5, 0.6) is 0 Å². The third-order valence-electron chi connectivity index (χ3n) is 3.05. The molecule has 0 heterocycles. The fourth-order valence-corrected chi connectivity index (χ4v) is 1.87. The molecule has 3 N–H and O–H groups in total. The number of aliphatic hydroxyl groups is 1. The van der Waals surface area contributed by atoms with E-state index in [1.54, 1.807) is 4.90 Å². The number of aliphatic hydroxyl groups excluding tert-OH is 1. The zero-order valence-electron chi connectivity index (χ0n) is 11.5. The Morgan fingerprint density at radius 2 is 1.94 bits per heavy atom. The van der Waals surface area contributed by atoms with Crippen molar-refractivity contribution in [1.82, 2.24) is 4.90 Å². The summed E-state index contributed by atoms with van der Waals surface area (Å²) in [6.45, 7) is 8.21. The maximum absolute atomic E-state index is 12.0. The number of carbonyl (C=O) groups is 1. The highest BCUT2D eigenvalue weighted by Crippen LogP contribution is 2.26. The van der Waals surface area contributed by atoms with Crippen molar-refractivity contribution in [3.63, 3.8) is 0 Å². The molecule has 0 saturated carbocycles. The molecular formula is C13H28N2O2. The van der Waals surface area contributed by atoms with E-state index in [0.717, 1.165) is 25.8 Å². The van der Waals surface area contributed by atoms with Crippen molar-refractivity contribution in [2.24, 2.45) is 11.1 Å². The van der Waals surface area contributed by atoms with E-state index < -0.39 is 0 Å². The number of carbonyl (C=O) groups excluding carboxylic acids is 1. The first-order valence-corrected chi connectivity index (χ1v) is 6.55. The quantitative estimate of drug-likeness (QED) is 0.644. The third-order valence-corrected chi connectivity index (χ3v) is 3.05. The molecule has 1 amide bonds. The lowest BCUT2D eigenvalue weighted by Crippen LogP contribution is -2.35. The van der Waals surface area contributed by atoms with E-state index in [4.69, 9.17) is 10.8 Å². The van der Waals surface area contributed by atoms with Crippen LogP contribution in [0.1, 0.15) is 46.5 Å². The minimum atomic E-state index is 0.0396. The summed E-state index contributed by atoms with van der Waals surface area (Å²) in [5.74, 6) is 0.144. The van der Waals surface area contributed by atoms with E-state index in [-0.39, 0.29) is 17.9 Å². The van der Waals surface area contributed by atoms with E-state index in [0.29, 0.717) is 19.5 Å². The molecule has 0 bridgehead atoms. The normalized spacial score (nSPS) is 11.6. The van der Waals surface area contributed by atoms with Gasteiger partial charge in [0, 0.05) is 19.5 Å². The van der Waals surface area contributed by atoms with Crippen molar-refractivity contribution in [3.05, 3.63) is 0 Å². The molecule has 0 rings (SSSR count). The van der Waals surface area contributed by atoms with Gasteiger partial charge in [-0.1, -0.05) is 20.8 Å². The molecule has 0 unspecified atom stereocenters. The highest BCUT2D eigenvalue weighted by atomic mass is 16.3. The predicted octanol–water partition coefficient (Wildman–Crippen LogP) is 1.37. The molecular weight excluding hydrogens is 216 g/mol. The van der Waals surface area contributed by atoms with Crippen LogP contribution in [0.15, 0.2) is 0 Å². The van der Waals surface area contributed by atoms with Gasteiger partial charge < -0.3 is 15.7 Å². The Hall–Kier alpha value is -0.610. The Morgan fingerprint density at radius 3 is 2.41 bits per heavy atom. The van der Waals surface area contributed by atoms with Gasteiger partial charge in [0.15, 0.2) is 0 Å². The van der Waals surface area contributed by atoms with Crippen molar-refractivity contribution in [2.75, 3.05) is 26.2 Å². The van der Waals surface area contributed by atoms with Crippen LogP contribution in [0.2, 0.25) is 0 Å². The molecule has 102 valence electrons. The number of hydrogen-bond donors (Lipinski definition) is 2. The lowest BCUT2D eigenvalue weighted by molar-refractivity contribution is -0.132. The van der Waals surface area contributed by atoms with Crippen LogP contribution in [0.25, 0.3) is 0 Å². The molecule has 0 saturated heterocycles. The van der Waals surface area contributed by atoms with Crippen LogP contribution in [0.3, 0.4) is 0 Å². The topological polar surface area (TPSA) is 66.6 Å². The van der Waals surface area contributed by atoms with Gasteiger partial charge in [-0.25, -0.2) is 0 Å². The molecule has 0 aromatic carbocycles. The Kier molecular flexibility index (Phi) is 8.17. The van der Waals surface area contributed by atoms with Crippen molar-refractivity contribution >= 4 is 5.91 Å². The van der Waals surface area contributed by atoms with Crippen LogP contribution in [0.4, 0.5) is 0 Å². The monoisotopic (exact) mass is 244 g/mol. The molecule has 0 radical (unpaired) electrons. The largest absolute Gasteiger partial charge is 0.395 e. The summed E-state index contributed by atoms with van der Waals surface area (Å²) in [5.41, 5.74) is 5.67. The molecule has 4 heteroatoms. The van der Waals surface area contributed by atoms with E-state index >= 15 is 0 Å². The van der Waals surface area contributed by atoms with Gasteiger partial charge >= 0.3 is 0 Å². The standard InChI is InChI=1S/C13H28N2O2/c1-4-9-15(10-11-16)12(17)5-6-13(2,3)7-8-14/h16H,4-11,14H2,1-3H3. The molecule has 0 fully saturated rings. The Bertz CT molecular complexity index is 211. The Labute approximate surface area is 105 Å². The van der Waals surface area contributed by atoms with Gasteiger partial charge in [-0.2, -0.15) is 0 Å². The van der Waals surface area contributed by atoms with Gasteiger partial charge in [0.05, 0.1) is 6.61 Å². The smallest absolute Gasteiger partial charge is 0.222 e. The molecule has 0 aliphatic rings. The van der Waals surface area contributed by atoms with Gasteiger partial charge in [-0.15, -0.1) is 0 Å². The summed E-state index contributed by atoms with van der Waals surface area (Å²) < 4.78 is 0. The minimum absolute atomic E-state index is 0.0396. The predicted molar refractivity (Wildman–Crippen MR) is 70.6 cm³/mol. The molecule has 0 spiro atoms. The number of amides is 1. The van der Waals surface area contributed by atoms with E-state index in [2.05, 4.69) is 13.8 Å². The van der Waals surface area contributed by atoms with Crippen LogP contribution >= 0.6 is 0 Å². The van der Waals surface area contributed by atoms with E-state index in [1.807, 2.05) is 6.92 Å². The zero-order valence-corrected chi connectivity index (χ0v) is 11.5. The summed E-state index contributed by atoms with van der Waals surface area (Å²) in [4.78, 5) is 13.7. The van der Waals surface area contributed by atoms with Crippen LogP contribution in [-0.2, 0) is 4.79 Å². The van der Waals surface area contributed by atoms with Gasteiger partial charge in [0.2, 0.25) is 5.91 Å². The summed E-state index contributed by atoms with van der Waals surface area (Å²) >= 11 is 0. The highest BCUT2D eigenvalue weighted by Gasteiger charge is 2.20. The first kappa shape index (κ1) is 16.4. The second-order valence-electron chi connectivity index (χ2n) is 5.31. The minimum Gasteiger partial charge on any atom is -0.395 e. The Balaban J connectivity index is 4.12. The lowest BCUT2D eigenvalue weighted by Gasteiger charge is -2.26. The number of rotatable bonds is 9. The summed E-state index contributed by atoms with van der Waals surface area (Å²) in [5, 5.41) is 8.91. The van der Waals surface area contributed by atoms with Crippen LogP contribution < -0.4 is 5.73 Å².